The van der Waals surface area contributed by atoms with Gasteiger partial charge in [0.05, 0.1) is 16.0 Å². The van der Waals surface area contributed by atoms with Gasteiger partial charge in [0.15, 0.2) is 0 Å². The van der Waals surface area contributed by atoms with Gasteiger partial charge in [0.2, 0.25) is 5.91 Å². The average molecular weight is 303 g/mol. The molecule has 3 N–H and O–H groups in total. The Hall–Kier alpha value is -0.770. The van der Waals surface area contributed by atoms with Crippen molar-refractivity contribution in [3.8, 4) is 0 Å². The van der Waals surface area contributed by atoms with Crippen LogP contribution in [0.4, 0.5) is 5.69 Å². The highest BCUT2D eigenvalue weighted by Crippen LogP contribution is 2.27. The van der Waals surface area contributed by atoms with E-state index in [0.29, 0.717) is 22.3 Å². The lowest BCUT2D eigenvalue weighted by atomic mass is 9.84. The van der Waals surface area contributed by atoms with Crippen LogP contribution in [-0.2, 0) is 4.79 Å². The minimum atomic E-state index is -0.213. The highest BCUT2D eigenvalue weighted by Gasteiger charge is 2.23. The second-order valence-electron chi connectivity index (χ2n) is 5.82. The van der Waals surface area contributed by atoms with E-state index in [1.165, 1.54) is 0 Å². The third kappa shape index (κ3) is 5.39. The van der Waals surface area contributed by atoms with Crippen LogP contribution in [-0.4, -0.2) is 12.5 Å². The number of nitrogens with two attached hydrogens (primary N) is 1. The van der Waals surface area contributed by atoms with Gasteiger partial charge in [0.25, 0.3) is 0 Å². The number of rotatable bonds is 4. The van der Waals surface area contributed by atoms with E-state index in [1.807, 2.05) is 0 Å². The Morgan fingerprint density at radius 3 is 2.42 bits per heavy atom. The maximum Gasteiger partial charge on any atom is 0.228 e. The van der Waals surface area contributed by atoms with Gasteiger partial charge >= 0.3 is 0 Å². The minimum absolute atomic E-state index is 0.0546. The Balaban J connectivity index is 2.74. The second-order valence-corrected chi connectivity index (χ2v) is 6.63. The van der Waals surface area contributed by atoms with Gasteiger partial charge in [-0.05, 0) is 30.0 Å². The fraction of sp³-hybridized carbons (Fsp3) is 0.500. The molecular formula is C14H20Cl2N2O. The molecule has 0 aliphatic rings. The van der Waals surface area contributed by atoms with Crippen molar-refractivity contribution in [3.05, 3.63) is 28.2 Å². The molecule has 1 atom stereocenters. The molecule has 1 amide bonds. The molecule has 0 saturated heterocycles. The Morgan fingerprint density at radius 2 is 1.95 bits per heavy atom. The molecule has 0 saturated carbocycles. The summed E-state index contributed by atoms with van der Waals surface area (Å²) < 4.78 is 0. The van der Waals surface area contributed by atoms with Gasteiger partial charge < -0.3 is 11.1 Å². The molecule has 0 aliphatic heterocycles. The van der Waals surface area contributed by atoms with Gasteiger partial charge in [-0.2, -0.15) is 0 Å². The smallest absolute Gasteiger partial charge is 0.228 e. The summed E-state index contributed by atoms with van der Waals surface area (Å²) in [5.74, 6) is -0.301. The Kier molecular flexibility index (Phi) is 5.65. The number of amides is 1. The summed E-state index contributed by atoms with van der Waals surface area (Å²) in [6.07, 6.45) is 0.733. The Morgan fingerprint density at radius 1 is 1.32 bits per heavy atom. The lowest BCUT2D eigenvalue weighted by Crippen LogP contribution is -2.32. The molecule has 1 aromatic carbocycles. The maximum atomic E-state index is 12.2. The molecule has 19 heavy (non-hydrogen) atoms. The van der Waals surface area contributed by atoms with Crippen molar-refractivity contribution in [2.24, 2.45) is 17.1 Å². The van der Waals surface area contributed by atoms with Crippen molar-refractivity contribution in [1.82, 2.24) is 0 Å². The van der Waals surface area contributed by atoms with Gasteiger partial charge in [-0.15, -0.1) is 0 Å². The second kappa shape index (κ2) is 6.60. The average Bonchev–Trinajstić information content (AvgIpc) is 2.29. The highest BCUT2D eigenvalue weighted by molar-refractivity contribution is 6.42. The predicted octanol–water partition coefficient (Wildman–Crippen LogP) is 3.94. The molecule has 3 nitrogen and oxygen atoms in total. The summed E-state index contributed by atoms with van der Waals surface area (Å²) in [5, 5.41) is 3.70. The predicted molar refractivity (Wildman–Crippen MR) is 81.7 cm³/mol. The number of carbonyl (C=O) groups excluding carboxylic acids is 1. The normalized spacial score (nSPS) is 13.2. The standard InChI is InChI=1S/C14H20Cl2N2O/c1-14(2,3)7-9(8-17)13(19)18-10-4-5-11(15)12(16)6-10/h4-6,9H,7-8,17H2,1-3H3,(H,18,19). The van der Waals surface area contributed by atoms with E-state index in [-0.39, 0.29) is 17.2 Å². The number of benzene rings is 1. The van der Waals surface area contributed by atoms with Gasteiger partial charge in [-0.1, -0.05) is 44.0 Å². The summed E-state index contributed by atoms with van der Waals surface area (Å²) in [6, 6.07) is 5.00. The number of nitrogens with one attached hydrogen (secondary N) is 1. The van der Waals surface area contributed by atoms with E-state index >= 15 is 0 Å². The lowest BCUT2D eigenvalue weighted by Gasteiger charge is -2.24. The minimum Gasteiger partial charge on any atom is -0.330 e. The summed E-state index contributed by atoms with van der Waals surface area (Å²) in [6.45, 7) is 6.58. The number of carbonyl (C=O) groups is 1. The molecule has 5 heteroatoms. The first-order chi connectivity index (χ1) is 8.73. The molecule has 0 spiro atoms. The molecule has 0 radical (unpaired) electrons. The Bertz CT molecular complexity index is 455. The molecule has 0 bridgehead atoms. The van der Waals surface area contributed by atoms with E-state index in [0.717, 1.165) is 6.42 Å². The third-order valence-electron chi connectivity index (χ3n) is 2.70. The van der Waals surface area contributed by atoms with E-state index in [1.54, 1.807) is 18.2 Å². The molecule has 1 unspecified atom stereocenters. The maximum absolute atomic E-state index is 12.2. The van der Waals surface area contributed by atoms with E-state index in [9.17, 15) is 4.79 Å². The van der Waals surface area contributed by atoms with Crippen molar-refractivity contribution in [3.63, 3.8) is 0 Å². The van der Waals surface area contributed by atoms with Crippen molar-refractivity contribution < 1.29 is 4.79 Å². The molecule has 1 rings (SSSR count). The molecule has 0 fully saturated rings. The van der Waals surface area contributed by atoms with Crippen LogP contribution >= 0.6 is 23.2 Å². The first-order valence-corrected chi connectivity index (χ1v) is 6.94. The summed E-state index contributed by atoms with van der Waals surface area (Å²) in [7, 11) is 0. The number of hydrogen-bond acceptors (Lipinski definition) is 2. The number of halogens is 2. The van der Waals surface area contributed by atoms with Crippen molar-refractivity contribution in [1.29, 1.82) is 0 Å². The fourth-order valence-corrected chi connectivity index (χ4v) is 2.14. The fourth-order valence-electron chi connectivity index (χ4n) is 1.84. The monoisotopic (exact) mass is 302 g/mol. The van der Waals surface area contributed by atoms with Crippen molar-refractivity contribution in [2.75, 3.05) is 11.9 Å². The highest BCUT2D eigenvalue weighted by atomic mass is 35.5. The van der Waals surface area contributed by atoms with Crippen LogP contribution in [0.2, 0.25) is 10.0 Å². The summed E-state index contributed by atoms with van der Waals surface area (Å²) in [4.78, 5) is 12.2. The van der Waals surface area contributed by atoms with Gasteiger partial charge in [-0.3, -0.25) is 4.79 Å². The van der Waals surface area contributed by atoms with Gasteiger partial charge in [0.1, 0.15) is 0 Å². The van der Waals surface area contributed by atoms with E-state index < -0.39 is 0 Å². The first-order valence-electron chi connectivity index (χ1n) is 6.19. The largest absolute Gasteiger partial charge is 0.330 e. The zero-order valence-corrected chi connectivity index (χ0v) is 13.0. The van der Waals surface area contributed by atoms with Crippen LogP contribution in [0.15, 0.2) is 18.2 Å². The number of hydrogen-bond donors (Lipinski definition) is 2. The van der Waals surface area contributed by atoms with Crippen LogP contribution in [0, 0.1) is 11.3 Å². The summed E-state index contributed by atoms with van der Waals surface area (Å²) >= 11 is 11.7. The van der Waals surface area contributed by atoms with Crippen LogP contribution in [0.3, 0.4) is 0 Å². The number of anilines is 1. The van der Waals surface area contributed by atoms with Gasteiger partial charge in [-0.25, -0.2) is 0 Å². The lowest BCUT2D eigenvalue weighted by molar-refractivity contribution is -0.120. The molecule has 106 valence electrons. The quantitative estimate of drug-likeness (QED) is 0.885. The molecule has 0 aromatic heterocycles. The van der Waals surface area contributed by atoms with E-state index in [4.69, 9.17) is 28.9 Å². The molecule has 0 aliphatic carbocycles. The topological polar surface area (TPSA) is 55.1 Å². The van der Waals surface area contributed by atoms with Crippen LogP contribution in [0.25, 0.3) is 0 Å². The van der Waals surface area contributed by atoms with Crippen LogP contribution in [0.5, 0.6) is 0 Å². The Labute approximate surface area is 124 Å². The molecule has 0 heterocycles. The zero-order chi connectivity index (χ0) is 14.6. The van der Waals surface area contributed by atoms with Crippen LogP contribution < -0.4 is 11.1 Å². The first kappa shape index (κ1) is 16.3. The van der Waals surface area contributed by atoms with Crippen LogP contribution in [0.1, 0.15) is 27.2 Å². The third-order valence-corrected chi connectivity index (χ3v) is 3.44. The van der Waals surface area contributed by atoms with Crippen molar-refractivity contribution >= 4 is 34.8 Å². The zero-order valence-electron chi connectivity index (χ0n) is 11.5. The SMILES string of the molecule is CC(C)(C)CC(CN)C(=O)Nc1ccc(Cl)c(Cl)c1. The van der Waals surface area contributed by atoms with E-state index in [2.05, 4.69) is 26.1 Å². The van der Waals surface area contributed by atoms with Crippen molar-refractivity contribution in [2.45, 2.75) is 27.2 Å². The van der Waals surface area contributed by atoms with Gasteiger partial charge in [0, 0.05) is 12.2 Å². The molecule has 1 aromatic rings. The molecular weight excluding hydrogens is 283 g/mol. The summed E-state index contributed by atoms with van der Waals surface area (Å²) in [5.41, 5.74) is 6.37.